The summed E-state index contributed by atoms with van der Waals surface area (Å²) in [5.41, 5.74) is 1.92. The number of nitrogens with one attached hydrogen (secondary N) is 1. The molecule has 2 saturated heterocycles. The van der Waals surface area contributed by atoms with E-state index in [1.165, 1.54) is 0 Å². The fourth-order valence-electron chi connectivity index (χ4n) is 3.62. The number of carbonyl (C=O) groups excluding carboxylic acids is 2. The van der Waals surface area contributed by atoms with Crippen LogP contribution in [0.25, 0.3) is 0 Å². The van der Waals surface area contributed by atoms with E-state index in [4.69, 9.17) is 21.1 Å². The highest BCUT2D eigenvalue weighted by Crippen LogP contribution is 2.26. The number of halogens is 1. The Hall–Kier alpha value is -2.57. The summed E-state index contributed by atoms with van der Waals surface area (Å²) in [5.74, 6) is -0.157. The maximum atomic E-state index is 12.9. The van der Waals surface area contributed by atoms with Crippen molar-refractivity contribution in [2.24, 2.45) is 0 Å². The van der Waals surface area contributed by atoms with Crippen molar-refractivity contribution in [2.45, 2.75) is 18.4 Å². The van der Waals surface area contributed by atoms with Crippen molar-refractivity contribution in [1.82, 2.24) is 5.32 Å². The van der Waals surface area contributed by atoms with Crippen LogP contribution in [0.4, 0.5) is 10.5 Å². The molecule has 0 aliphatic carbocycles. The molecule has 1 atom stereocenters. The second-order valence-corrected chi connectivity index (χ2v) is 7.59. The molecule has 0 bridgehead atoms. The molecule has 2 aromatic rings. The van der Waals surface area contributed by atoms with E-state index in [1.54, 1.807) is 29.2 Å². The second-order valence-electron chi connectivity index (χ2n) is 7.15. The van der Waals surface area contributed by atoms with Crippen molar-refractivity contribution in [3.05, 3.63) is 64.7 Å². The number of hydrogen-bond donors (Lipinski definition) is 1. The maximum Gasteiger partial charge on any atom is 0.414 e. The zero-order valence-electron chi connectivity index (χ0n) is 15.3. The Morgan fingerprint density at radius 3 is 2.46 bits per heavy atom. The number of amides is 2. The molecule has 0 radical (unpaired) electrons. The van der Waals surface area contributed by atoms with Gasteiger partial charge in [0.15, 0.2) is 0 Å². The molecule has 2 heterocycles. The van der Waals surface area contributed by atoms with Gasteiger partial charge < -0.3 is 14.8 Å². The first kappa shape index (κ1) is 18.8. The van der Waals surface area contributed by atoms with Gasteiger partial charge in [-0.3, -0.25) is 9.69 Å². The van der Waals surface area contributed by atoms with E-state index >= 15 is 0 Å². The summed E-state index contributed by atoms with van der Waals surface area (Å²) < 4.78 is 10.5. The molecule has 0 unspecified atom stereocenters. The van der Waals surface area contributed by atoms with Gasteiger partial charge in [-0.1, -0.05) is 23.7 Å². The molecule has 6 nitrogen and oxygen atoms in total. The Morgan fingerprint density at radius 1 is 1.11 bits per heavy atom. The first-order valence-electron chi connectivity index (χ1n) is 9.24. The Morgan fingerprint density at radius 2 is 1.86 bits per heavy atom. The molecule has 0 saturated carbocycles. The topological polar surface area (TPSA) is 67.9 Å². The Kier molecular flexibility index (Phi) is 5.24. The monoisotopic (exact) mass is 400 g/mol. The maximum absolute atomic E-state index is 12.9. The van der Waals surface area contributed by atoms with Gasteiger partial charge in [-0.15, -0.1) is 0 Å². The molecule has 146 valence electrons. The molecule has 2 aliphatic rings. The highest BCUT2D eigenvalue weighted by molar-refractivity contribution is 6.30. The zero-order valence-corrected chi connectivity index (χ0v) is 16.1. The normalized spacial score (nSPS) is 21.6. The predicted octanol–water partition coefficient (Wildman–Crippen LogP) is 3.43. The summed E-state index contributed by atoms with van der Waals surface area (Å²) >= 11 is 5.97. The minimum atomic E-state index is -0.442. The van der Waals surface area contributed by atoms with E-state index in [-0.39, 0.29) is 12.0 Å². The minimum absolute atomic E-state index is 0.157. The van der Waals surface area contributed by atoms with Gasteiger partial charge in [0.2, 0.25) is 0 Å². The van der Waals surface area contributed by atoms with Gasteiger partial charge in [0.05, 0.1) is 18.7 Å². The molecular formula is C21H21ClN2O4. The summed E-state index contributed by atoms with van der Waals surface area (Å²) in [6.07, 6.45) is 1.06. The van der Waals surface area contributed by atoms with Crippen LogP contribution in [0.2, 0.25) is 5.02 Å². The first-order valence-corrected chi connectivity index (χ1v) is 9.62. The molecule has 0 spiro atoms. The van der Waals surface area contributed by atoms with E-state index in [2.05, 4.69) is 5.32 Å². The van der Waals surface area contributed by atoms with Gasteiger partial charge in [0.1, 0.15) is 6.61 Å². The number of carbonyl (C=O) groups is 2. The van der Waals surface area contributed by atoms with Crippen LogP contribution in [-0.4, -0.2) is 43.9 Å². The van der Waals surface area contributed by atoms with Crippen molar-refractivity contribution in [3.8, 4) is 0 Å². The van der Waals surface area contributed by atoms with Gasteiger partial charge in [0.25, 0.3) is 5.91 Å². The number of cyclic esters (lactones) is 1. The molecular weight excluding hydrogens is 380 g/mol. The van der Waals surface area contributed by atoms with Crippen LogP contribution in [0.1, 0.15) is 22.3 Å². The van der Waals surface area contributed by atoms with Crippen LogP contribution >= 0.6 is 11.6 Å². The molecule has 2 aliphatic heterocycles. The van der Waals surface area contributed by atoms with Crippen LogP contribution in [-0.2, 0) is 15.9 Å². The zero-order chi connectivity index (χ0) is 19.6. The molecule has 2 fully saturated rings. The van der Waals surface area contributed by atoms with Gasteiger partial charge in [-0.2, -0.15) is 0 Å². The highest BCUT2D eigenvalue weighted by atomic mass is 35.5. The van der Waals surface area contributed by atoms with Crippen LogP contribution in [0.15, 0.2) is 48.5 Å². The number of rotatable bonds is 5. The van der Waals surface area contributed by atoms with E-state index in [9.17, 15) is 9.59 Å². The average molecular weight is 401 g/mol. The molecule has 4 rings (SSSR count). The SMILES string of the molecule is O=C(N[C@]1(Cc2ccc(Cl)cc2)CCOC1)c1ccc(N2CCOC2=O)cc1. The minimum Gasteiger partial charge on any atom is -0.447 e. The number of hydrogen-bond acceptors (Lipinski definition) is 4. The van der Waals surface area contributed by atoms with Crippen molar-refractivity contribution in [2.75, 3.05) is 31.3 Å². The molecule has 1 N–H and O–H groups in total. The number of benzene rings is 2. The summed E-state index contributed by atoms with van der Waals surface area (Å²) in [4.78, 5) is 26.1. The average Bonchev–Trinajstić information content (AvgIpc) is 3.33. The molecule has 2 amide bonds. The fraction of sp³-hybridized carbons (Fsp3) is 0.333. The van der Waals surface area contributed by atoms with Gasteiger partial charge in [0, 0.05) is 22.9 Å². The molecule has 7 heteroatoms. The van der Waals surface area contributed by atoms with Gasteiger partial charge in [-0.05, 0) is 54.8 Å². The molecule has 0 aromatic heterocycles. The third-order valence-electron chi connectivity index (χ3n) is 5.14. The fourth-order valence-corrected chi connectivity index (χ4v) is 3.74. The van der Waals surface area contributed by atoms with Crippen LogP contribution in [0.3, 0.4) is 0 Å². The number of ether oxygens (including phenoxy) is 2. The molecule has 28 heavy (non-hydrogen) atoms. The predicted molar refractivity (Wildman–Crippen MR) is 106 cm³/mol. The Bertz CT molecular complexity index is 861. The van der Waals surface area contributed by atoms with E-state index < -0.39 is 5.54 Å². The lowest BCUT2D eigenvalue weighted by molar-refractivity contribution is 0.0877. The van der Waals surface area contributed by atoms with Crippen LogP contribution < -0.4 is 10.2 Å². The van der Waals surface area contributed by atoms with Crippen molar-refractivity contribution in [3.63, 3.8) is 0 Å². The highest BCUT2D eigenvalue weighted by Gasteiger charge is 2.37. The summed E-state index contributed by atoms with van der Waals surface area (Å²) in [5, 5.41) is 3.85. The van der Waals surface area contributed by atoms with Crippen LogP contribution in [0, 0.1) is 0 Å². The number of anilines is 1. The van der Waals surface area contributed by atoms with Crippen LogP contribution in [0.5, 0.6) is 0 Å². The standard InChI is InChI=1S/C21H21ClN2O4/c22-17-5-1-15(2-6-17)13-21(9-11-27-14-21)23-19(25)16-3-7-18(8-4-16)24-10-12-28-20(24)26/h1-8H,9-14H2,(H,23,25)/t21-/m0/s1. The van der Waals surface area contributed by atoms with Crippen molar-refractivity contribution >= 4 is 29.3 Å². The van der Waals surface area contributed by atoms with E-state index in [1.807, 2.05) is 24.3 Å². The van der Waals surface area contributed by atoms with Crippen molar-refractivity contribution < 1.29 is 19.1 Å². The summed E-state index contributed by atoms with van der Waals surface area (Å²) in [6, 6.07) is 14.6. The van der Waals surface area contributed by atoms with Crippen molar-refractivity contribution in [1.29, 1.82) is 0 Å². The lowest BCUT2D eigenvalue weighted by atomic mass is 9.89. The second kappa shape index (κ2) is 7.81. The summed E-state index contributed by atoms with van der Waals surface area (Å²) in [7, 11) is 0. The smallest absolute Gasteiger partial charge is 0.414 e. The van der Waals surface area contributed by atoms with E-state index in [0.29, 0.717) is 43.4 Å². The molecule has 2 aromatic carbocycles. The van der Waals surface area contributed by atoms with Gasteiger partial charge in [-0.25, -0.2) is 4.79 Å². The quantitative estimate of drug-likeness (QED) is 0.834. The van der Waals surface area contributed by atoms with Gasteiger partial charge >= 0.3 is 6.09 Å². The largest absolute Gasteiger partial charge is 0.447 e. The Labute approximate surface area is 168 Å². The van der Waals surface area contributed by atoms with E-state index in [0.717, 1.165) is 17.7 Å². The lowest BCUT2D eigenvalue weighted by Gasteiger charge is -2.29. The first-order chi connectivity index (χ1) is 13.5. The summed E-state index contributed by atoms with van der Waals surface area (Å²) in [6.45, 7) is 1.99. The lowest BCUT2D eigenvalue weighted by Crippen LogP contribution is -2.50. The third-order valence-corrected chi connectivity index (χ3v) is 5.39. The third kappa shape index (κ3) is 3.98. The number of nitrogens with zero attached hydrogens (tertiary/aromatic N) is 1. The Balaban J connectivity index is 1.47.